The van der Waals surface area contributed by atoms with E-state index in [2.05, 4.69) is 10.0 Å². The SMILES string of the molecule is COc1ccc(/C=C(\N=[N+]=[N-])C(=O)O)cc1. The summed E-state index contributed by atoms with van der Waals surface area (Å²) < 4.78 is 4.95. The molecular weight excluding hydrogens is 210 g/mol. The van der Waals surface area contributed by atoms with E-state index in [9.17, 15) is 4.79 Å². The van der Waals surface area contributed by atoms with Gasteiger partial charge in [-0.3, -0.25) is 0 Å². The van der Waals surface area contributed by atoms with Crippen molar-refractivity contribution in [1.29, 1.82) is 0 Å². The fourth-order valence-electron chi connectivity index (χ4n) is 1.04. The minimum absolute atomic E-state index is 0.354. The highest BCUT2D eigenvalue weighted by Gasteiger charge is 2.04. The van der Waals surface area contributed by atoms with E-state index in [0.29, 0.717) is 11.3 Å². The van der Waals surface area contributed by atoms with Crippen LogP contribution in [0.15, 0.2) is 35.1 Å². The predicted molar refractivity (Wildman–Crippen MR) is 57.8 cm³/mol. The number of ether oxygens (including phenoxy) is 1. The van der Waals surface area contributed by atoms with E-state index in [1.165, 1.54) is 13.2 Å². The second-order valence-corrected chi connectivity index (χ2v) is 2.80. The molecule has 0 spiro atoms. The van der Waals surface area contributed by atoms with Gasteiger partial charge in [0.05, 0.1) is 7.11 Å². The number of azide groups is 1. The quantitative estimate of drug-likeness (QED) is 0.364. The first-order valence-corrected chi connectivity index (χ1v) is 4.31. The highest BCUT2D eigenvalue weighted by atomic mass is 16.5. The number of nitrogens with zero attached hydrogens (tertiary/aromatic N) is 3. The first-order chi connectivity index (χ1) is 7.67. The Morgan fingerprint density at radius 2 is 2.12 bits per heavy atom. The Morgan fingerprint density at radius 1 is 1.50 bits per heavy atom. The molecule has 0 saturated heterocycles. The van der Waals surface area contributed by atoms with Crippen molar-refractivity contribution in [2.75, 3.05) is 7.11 Å². The molecule has 6 nitrogen and oxygen atoms in total. The van der Waals surface area contributed by atoms with Crippen LogP contribution in [0.4, 0.5) is 0 Å². The summed E-state index contributed by atoms with van der Waals surface area (Å²) in [5.41, 5.74) is 8.44. The fraction of sp³-hybridized carbons (Fsp3) is 0.100. The van der Waals surface area contributed by atoms with Crippen LogP contribution in [0.5, 0.6) is 5.75 Å². The van der Waals surface area contributed by atoms with E-state index in [1.807, 2.05) is 0 Å². The molecule has 1 aromatic rings. The number of aliphatic carboxylic acids is 1. The van der Waals surface area contributed by atoms with Gasteiger partial charge >= 0.3 is 5.97 Å². The Balaban J connectivity index is 3.03. The second kappa shape index (κ2) is 5.43. The van der Waals surface area contributed by atoms with Crippen molar-refractivity contribution in [3.8, 4) is 5.75 Å². The van der Waals surface area contributed by atoms with Crippen molar-refractivity contribution < 1.29 is 14.6 Å². The monoisotopic (exact) mass is 219 g/mol. The molecule has 0 aliphatic heterocycles. The summed E-state index contributed by atoms with van der Waals surface area (Å²) in [7, 11) is 1.54. The molecule has 0 fully saturated rings. The van der Waals surface area contributed by atoms with Crippen LogP contribution in [0.1, 0.15) is 5.56 Å². The van der Waals surface area contributed by atoms with Gasteiger partial charge in [-0.05, 0) is 29.3 Å². The van der Waals surface area contributed by atoms with E-state index >= 15 is 0 Å². The molecule has 6 heteroatoms. The van der Waals surface area contributed by atoms with Crippen molar-refractivity contribution in [3.63, 3.8) is 0 Å². The highest BCUT2D eigenvalue weighted by molar-refractivity contribution is 5.91. The molecule has 0 amide bonds. The van der Waals surface area contributed by atoms with Gasteiger partial charge in [0, 0.05) is 4.91 Å². The third-order valence-corrected chi connectivity index (χ3v) is 1.79. The van der Waals surface area contributed by atoms with Crippen LogP contribution in [0.25, 0.3) is 16.5 Å². The molecule has 16 heavy (non-hydrogen) atoms. The molecule has 0 aliphatic rings. The maximum Gasteiger partial charge on any atom is 0.338 e. The number of carboxylic acid groups (broad SMARTS) is 1. The minimum atomic E-state index is -1.27. The van der Waals surface area contributed by atoms with Crippen molar-refractivity contribution in [2.24, 2.45) is 5.11 Å². The van der Waals surface area contributed by atoms with Gasteiger partial charge in [0.25, 0.3) is 0 Å². The molecule has 0 aromatic heterocycles. The lowest BCUT2D eigenvalue weighted by atomic mass is 10.2. The largest absolute Gasteiger partial charge is 0.497 e. The Bertz CT molecular complexity index is 455. The van der Waals surface area contributed by atoms with Crippen molar-refractivity contribution in [3.05, 3.63) is 46.0 Å². The standard InChI is InChI=1S/C10H9N3O3/c1-16-8-4-2-7(3-5-8)6-9(10(14)15)12-13-11/h2-6H,1H3,(H,14,15)/b9-6-. The maximum atomic E-state index is 10.7. The van der Waals surface area contributed by atoms with Crippen LogP contribution in [0.2, 0.25) is 0 Å². The Morgan fingerprint density at radius 3 is 2.56 bits per heavy atom. The van der Waals surface area contributed by atoms with Gasteiger partial charge in [-0.1, -0.05) is 17.2 Å². The molecule has 1 rings (SSSR count). The number of hydrogen-bond acceptors (Lipinski definition) is 3. The number of methoxy groups -OCH3 is 1. The van der Waals surface area contributed by atoms with Crippen molar-refractivity contribution >= 4 is 12.0 Å². The van der Waals surface area contributed by atoms with Crippen molar-refractivity contribution in [2.45, 2.75) is 0 Å². The number of carboxylic acids is 1. The molecule has 0 bridgehead atoms. The third kappa shape index (κ3) is 3.04. The number of carbonyl (C=O) groups is 1. The van der Waals surface area contributed by atoms with Crippen LogP contribution >= 0.6 is 0 Å². The van der Waals surface area contributed by atoms with Crippen LogP contribution in [-0.2, 0) is 4.79 Å². The van der Waals surface area contributed by atoms with Gasteiger partial charge in [0.15, 0.2) is 0 Å². The summed E-state index contributed by atoms with van der Waals surface area (Å²) in [4.78, 5) is 13.1. The van der Waals surface area contributed by atoms with Crippen LogP contribution < -0.4 is 4.74 Å². The summed E-state index contributed by atoms with van der Waals surface area (Å²) >= 11 is 0. The lowest BCUT2D eigenvalue weighted by Crippen LogP contribution is -1.96. The normalized spacial score (nSPS) is 10.4. The Labute approximate surface area is 91.4 Å². The van der Waals surface area contributed by atoms with Crippen LogP contribution in [-0.4, -0.2) is 18.2 Å². The number of rotatable bonds is 4. The first-order valence-electron chi connectivity index (χ1n) is 4.31. The van der Waals surface area contributed by atoms with Crippen molar-refractivity contribution in [1.82, 2.24) is 0 Å². The predicted octanol–water partition coefficient (Wildman–Crippen LogP) is 2.43. The van der Waals surface area contributed by atoms with E-state index < -0.39 is 5.97 Å². The average molecular weight is 219 g/mol. The number of hydrogen-bond donors (Lipinski definition) is 1. The Kier molecular flexibility index (Phi) is 3.94. The van der Waals surface area contributed by atoms with Gasteiger partial charge in [-0.25, -0.2) is 4.79 Å². The number of benzene rings is 1. The zero-order valence-electron chi connectivity index (χ0n) is 8.49. The summed E-state index contributed by atoms with van der Waals surface area (Å²) in [6.07, 6.45) is 1.28. The average Bonchev–Trinajstić information content (AvgIpc) is 2.29. The molecule has 0 unspecified atom stereocenters. The first kappa shape index (κ1) is 11.6. The van der Waals surface area contributed by atoms with E-state index in [4.69, 9.17) is 15.4 Å². The zero-order valence-corrected chi connectivity index (χ0v) is 8.49. The lowest BCUT2D eigenvalue weighted by Gasteiger charge is -1.99. The molecule has 0 saturated carbocycles. The van der Waals surface area contributed by atoms with E-state index in [1.54, 1.807) is 24.3 Å². The lowest BCUT2D eigenvalue weighted by molar-refractivity contribution is -0.132. The second-order valence-electron chi connectivity index (χ2n) is 2.80. The maximum absolute atomic E-state index is 10.7. The van der Waals surface area contributed by atoms with Gasteiger partial charge in [-0.2, -0.15) is 0 Å². The summed E-state index contributed by atoms with van der Waals surface area (Å²) in [5, 5.41) is 11.8. The van der Waals surface area contributed by atoms with Gasteiger partial charge < -0.3 is 9.84 Å². The summed E-state index contributed by atoms with van der Waals surface area (Å²) in [6, 6.07) is 6.69. The van der Waals surface area contributed by atoms with Gasteiger partial charge in [-0.15, -0.1) is 0 Å². The van der Waals surface area contributed by atoms with Gasteiger partial charge in [0.1, 0.15) is 11.4 Å². The molecule has 0 radical (unpaired) electrons. The molecule has 0 heterocycles. The molecule has 1 N–H and O–H groups in total. The fourth-order valence-corrected chi connectivity index (χ4v) is 1.04. The summed E-state index contributed by atoms with van der Waals surface area (Å²) in [5.74, 6) is -0.605. The highest BCUT2D eigenvalue weighted by Crippen LogP contribution is 2.14. The smallest absolute Gasteiger partial charge is 0.338 e. The van der Waals surface area contributed by atoms with Crippen LogP contribution in [0.3, 0.4) is 0 Å². The molecule has 0 atom stereocenters. The summed E-state index contributed by atoms with van der Waals surface area (Å²) in [6.45, 7) is 0. The third-order valence-electron chi connectivity index (χ3n) is 1.79. The molecular formula is C10H9N3O3. The van der Waals surface area contributed by atoms with Crippen LogP contribution in [0, 0.1) is 0 Å². The topological polar surface area (TPSA) is 95.3 Å². The minimum Gasteiger partial charge on any atom is -0.497 e. The van der Waals surface area contributed by atoms with Gasteiger partial charge in [0.2, 0.25) is 0 Å². The van der Waals surface area contributed by atoms with E-state index in [-0.39, 0.29) is 5.70 Å². The molecule has 82 valence electrons. The van der Waals surface area contributed by atoms with E-state index in [0.717, 1.165) is 0 Å². The zero-order chi connectivity index (χ0) is 12.0. The Hall–Kier alpha value is -2.46. The molecule has 0 aliphatic carbocycles. The molecule has 1 aromatic carbocycles.